The zero-order valence-electron chi connectivity index (χ0n) is 17.3. The van der Waals surface area contributed by atoms with E-state index in [0.29, 0.717) is 24.5 Å². The predicted molar refractivity (Wildman–Crippen MR) is 119 cm³/mol. The first kappa shape index (κ1) is 22.2. The average molecular weight is 456 g/mol. The fourth-order valence-corrected chi connectivity index (χ4v) is 4.79. The van der Waals surface area contributed by atoms with E-state index in [9.17, 15) is 24.9 Å². The minimum Gasteiger partial charge on any atom is -0.508 e. The molecule has 1 aliphatic carbocycles. The molecule has 2 aromatic rings. The smallest absolute Gasteiger partial charge is 0.255 e. The summed E-state index contributed by atoms with van der Waals surface area (Å²) in [6.45, 7) is 0.934. The number of carbonyl (C=O) groups is 2. The molecule has 2 heterocycles. The van der Waals surface area contributed by atoms with Gasteiger partial charge in [0, 0.05) is 36.5 Å². The molecule has 2 aliphatic rings. The van der Waals surface area contributed by atoms with Gasteiger partial charge in [0.1, 0.15) is 10.8 Å². The number of rotatable bonds is 7. The third-order valence-electron chi connectivity index (χ3n) is 5.71. The number of likely N-dealkylation sites (tertiary alicyclic amines) is 1. The summed E-state index contributed by atoms with van der Waals surface area (Å²) in [5.74, 6) is -1.04. The van der Waals surface area contributed by atoms with E-state index >= 15 is 0 Å². The van der Waals surface area contributed by atoms with Crippen LogP contribution in [0.4, 0.5) is 0 Å². The van der Waals surface area contributed by atoms with E-state index in [2.05, 4.69) is 10.3 Å². The molecule has 1 unspecified atom stereocenters. The number of phenolic OH excluding ortho intramolecular Hbond substituents is 1. The number of aliphatic hydroxyl groups excluding tert-OH is 2. The monoisotopic (exact) mass is 455 g/mol. The number of nitrogens with zero attached hydrogens (tertiary/aromatic N) is 2. The average Bonchev–Trinajstić information content (AvgIpc) is 3.44. The number of benzene rings is 1. The Kier molecular flexibility index (Phi) is 6.69. The van der Waals surface area contributed by atoms with Crippen molar-refractivity contribution in [2.45, 2.75) is 31.6 Å². The van der Waals surface area contributed by atoms with Gasteiger partial charge in [-0.2, -0.15) is 0 Å². The SMILES string of the molecule is O=C(NCc1ncc(Cc2ccccc2O)s1)[C@H](O)[C@@H](O)C(=O)N1CC2=CC=CCC2C1. The van der Waals surface area contributed by atoms with E-state index in [1.54, 1.807) is 18.3 Å². The van der Waals surface area contributed by atoms with Crippen LogP contribution in [0.2, 0.25) is 0 Å². The van der Waals surface area contributed by atoms with Gasteiger partial charge in [0.25, 0.3) is 11.8 Å². The molecule has 2 amide bonds. The Labute approximate surface area is 189 Å². The summed E-state index contributed by atoms with van der Waals surface area (Å²) in [7, 11) is 0. The van der Waals surface area contributed by atoms with E-state index in [-0.39, 0.29) is 18.2 Å². The summed E-state index contributed by atoms with van der Waals surface area (Å²) in [4.78, 5) is 31.5. The summed E-state index contributed by atoms with van der Waals surface area (Å²) < 4.78 is 0. The zero-order chi connectivity index (χ0) is 22.7. The summed E-state index contributed by atoms with van der Waals surface area (Å²) in [6, 6.07) is 7.04. The van der Waals surface area contributed by atoms with Crippen LogP contribution in [0, 0.1) is 5.92 Å². The molecule has 1 aromatic carbocycles. The second kappa shape index (κ2) is 9.64. The maximum atomic E-state index is 12.6. The van der Waals surface area contributed by atoms with Crippen LogP contribution in [0.15, 0.2) is 54.3 Å². The van der Waals surface area contributed by atoms with Crippen molar-refractivity contribution in [1.29, 1.82) is 0 Å². The number of hydrogen-bond acceptors (Lipinski definition) is 7. The number of para-hydroxylation sites is 1. The largest absolute Gasteiger partial charge is 0.508 e. The van der Waals surface area contributed by atoms with Gasteiger partial charge in [-0.15, -0.1) is 11.3 Å². The van der Waals surface area contributed by atoms with Crippen LogP contribution in [-0.2, 0) is 22.6 Å². The maximum Gasteiger partial charge on any atom is 0.255 e. The van der Waals surface area contributed by atoms with Crippen LogP contribution in [0.5, 0.6) is 5.75 Å². The number of amides is 2. The molecular weight excluding hydrogens is 430 g/mol. The molecule has 0 saturated carbocycles. The molecule has 168 valence electrons. The second-order valence-corrected chi connectivity index (χ2v) is 9.15. The third kappa shape index (κ3) is 4.90. The second-order valence-electron chi connectivity index (χ2n) is 7.95. The lowest BCUT2D eigenvalue weighted by molar-refractivity contribution is -0.152. The maximum absolute atomic E-state index is 12.6. The summed E-state index contributed by atoms with van der Waals surface area (Å²) in [5, 5.41) is 33.5. The first-order valence-electron chi connectivity index (χ1n) is 10.4. The van der Waals surface area contributed by atoms with Crippen molar-refractivity contribution in [3.05, 3.63) is 69.7 Å². The number of fused-ring (bicyclic) bond motifs is 1. The van der Waals surface area contributed by atoms with E-state index in [1.165, 1.54) is 16.2 Å². The van der Waals surface area contributed by atoms with Gasteiger partial charge >= 0.3 is 0 Å². The Hall–Kier alpha value is -3.01. The topological polar surface area (TPSA) is 123 Å². The minimum absolute atomic E-state index is 0.0621. The van der Waals surface area contributed by atoms with Crippen LogP contribution in [0.25, 0.3) is 0 Å². The summed E-state index contributed by atoms with van der Waals surface area (Å²) in [5.41, 5.74) is 1.90. The van der Waals surface area contributed by atoms with Gasteiger partial charge in [-0.25, -0.2) is 4.98 Å². The molecular formula is C23H25N3O5S. The molecule has 1 aromatic heterocycles. The molecule has 9 heteroatoms. The van der Waals surface area contributed by atoms with Crippen LogP contribution in [-0.4, -0.2) is 62.3 Å². The Morgan fingerprint density at radius 1 is 1.25 bits per heavy atom. The van der Waals surface area contributed by atoms with Crippen molar-refractivity contribution < 1.29 is 24.9 Å². The number of allylic oxidation sites excluding steroid dienone is 3. The number of hydrogen-bond donors (Lipinski definition) is 4. The molecule has 8 nitrogen and oxygen atoms in total. The minimum atomic E-state index is -1.86. The molecule has 1 saturated heterocycles. The normalized spacial score (nSPS) is 19.2. The van der Waals surface area contributed by atoms with Crippen molar-refractivity contribution in [3.63, 3.8) is 0 Å². The molecule has 1 fully saturated rings. The quantitative estimate of drug-likeness (QED) is 0.496. The summed E-state index contributed by atoms with van der Waals surface area (Å²) >= 11 is 1.37. The number of carbonyl (C=O) groups excluding carboxylic acids is 2. The highest BCUT2D eigenvalue weighted by Crippen LogP contribution is 2.29. The Balaban J connectivity index is 1.28. The molecule has 1 aliphatic heterocycles. The number of nitrogens with one attached hydrogen (secondary N) is 1. The lowest BCUT2D eigenvalue weighted by Crippen LogP contribution is -2.50. The third-order valence-corrected chi connectivity index (χ3v) is 6.71. The van der Waals surface area contributed by atoms with Crippen LogP contribution >= 0.6 is 11.3 Å². The molecule has 32 heavy (non-hydrogen) atoms. The lowest BCUT2D eigenvalue weighted by Gasteiger charge is -2.22. The van der Waals surface area contributed by atoms with Crippen molar-refractivity contribution in [3.8, 4) is 5.75 Å². The highest BCUT2D eigenvalue weighted by Gasteiger charge is 2.38. The Morgan fingerprint density at radius 3 is 2.84 bits per heavy atom. The van der Waals surface area contributed by atoms with Gasteiger partial charge in [0.05, 0.1) is 6.54 Å². The highest BCUT2D eigenvalue weighted by atomic mass is 32.1. The zero-order valence-corrected chi connectivity index (χ0v) is 18.2. The van der Waals surface area contributed by atoms with E-state index in [4.69, 9.17) is 0 Å². The van der Waals surface area contributed by atoms with Gasteiger partial charge in [0.15, 0.2) is 12.2 Å². The highest BCUT2D eigenvalue weighted by molar-refractivity contribution is 7.11. The fourth-order valence-electron chi connectivity index (χ4n) is 3.91. The van der Waals surface area contributed by atoms with Gasteiger partial charge in [-0.05, 0) is 23.6 Å². The number of aromatic hydroxyl groups is 1. The number of phenols is 1. The van der Waals surface area contributed by atoms with Crippen LogP contribution in [0.1, 0.15) is 21.9 Å². The van der Waals surface area contributed by atoms with Crippen LogP contribution in [0.3, 0.4) is 0 Å². The molecule has 0 radical (unpaired) electrons. The van der Waals surface area contributed by atoms with Gasteiger partial charge in [-0.3, -0.25) is 9.59 Å². The van der Waals surface area contributed by atoms with Crippen molar-refractivity contribution >= 4 is 23.2 Å². The molecule has 4 rings (SSSR count). The van der Waals surface area contributed by atoms with Gasteiger partial charge in [0.2, 0.25) is 0 Å². The Bertz CT molecular complexity index is 1060. The van der Waals surface area contributed by atoms with E-state index in [0.717, 1.165) is 22.4 Å². The van der Waals surface area contributed by atoms with Crippen molar-refractivity contribution in [2.24, 2.45) is 5.92 Å². The van der Waals surface area contributed by atoms with E-state index < -0.39 is 24.0 Å². The van der Waals surface area contributed by atoms with E-state index in [1.807, 2.05) is 30.4 Å². The van der Waals surface area contributed by atoms with Gasteiger partial charge in [-0.1, -0.05) is 36.4 Å². The standard InChI is InChI=1S/C23H25N3O5S/c27-18-8-4-3-5-14(18)9-17-10-24-19(32-17)11-25-22(30)20(28)21(29)23(31)26-12-15-6-1-2-7-16(15)13-26/h1-6,8,10,16,20-21,27-29H,7,9,11-13H2,(H,25,30)/t16?,20-,21-/m1/s1. The van der Waals surface area contributed by atoms with Crippen molar-refractivity contribution in [2.75, 3.05) is 13.1 Å². The predicted octanol–water partition coefficient (Wildman–Crippen LogP) is 1.12. The van der Waals surface area contributed by atoms with Gasteiger partial charge < -0.3 is 25.5 Å². The van der Waals surface area contributed by atoms with Crippen LogP contribution < -0.4 is 5.32 Å². The number of aromatic nitrogens is 1. The molecule has 0 spiro atoms. The molecule has 4 N–H and O–H groups in total. The first-order valence-corrected chi connectivity index (χ1v) is 11.2. The molecule has 0 bridgehead atoms. The molecule has 3 atom stereocenters. The van der Waals surface area contributed by atoms with Crippen molar-refractivity contribution in [1.82, 2.24) is 15.2 Å². The number of thiazole rings is 1. The lowest BCUT2D eigenvalue weighted by atomic mass is 9.95. The first-order chi connectivity index (χ1) is 15.4. The number of aliphatic hydroxyl groups is 2. The fraction of sp³-hybridized carbons (Fsp3) is 0.348. The summed E-state index contributed by atoms with van der Waals surface area (Å²) in [6.07, 6.45) is 5.29. The Morgan fingerprint density at radius 2 is 2.06 bits per heavy atom.